The molecule has 0 aromatic carbocycles. The Kier molecular flexibility index (Phi) is 2.63. The second-order valence-corrected chi connectivity index (χ2v) is 2.24. The van der Waals surface area contributed by atoms with Gasteiger partial charge in [0, 0.05) is 6.07 Å². The second kappa shape index (κ2) is 3.71. The van der Waals surface area contributed by atoms with E-state index >= 15 is 0 Å². The van der Waals surface area contributed by atoms with Crippen LogP contribution in [0.25, 0.3) is 0 Å². The molecule has 0 amide bonds. The SMILES string of the molecule is CCOC(=O)[n+]1cccc(N)c1. The van der Waals surface area contributed by atoms with Crippen molar-refractivity contribution < 1.29 is 14.1 Å². The fourth-order valence-corrected chi connectivity index (χ4v) is 0.805. The predicted molar refractivity (Wildman–Crippen MR) is 43.5 cm³/mol. The maximum absolute atomic E-state index is 11.1. The maximum atomic E-state index is 11.1. The van der Waals surface area contributed by atoms with Gasteiger partial charge in [0.1, 0.15) is 0 Å². The summed E-state index contributed by atoms with van der Waals surface area (Å²) in [7, 11) is 0. The van der Waals surface area contributed by atoms with E-state index in [4.69, 9.17) is 10.5 Å². The molecule has 0 aliphatic carbocycles. The third-order valence-electron chi connectivity index (χ3n) is 1.30. The third kappa shape index (κ3) is 1.95. The summed E-state index contributed by atoms with van der Waals surface area (Å²) in [5, 5.41) is 0. The first-order valence-corrected chi connectivity index (χ1v) is 3.68. The summed E-state index contributed by atoms with van der Waals surface area (Å²) in [5.74, 6) is 0. The molecule has 0 spiro atoms. The minimum Gasteiger partial charge on any atom is -0.412 e. The Hall–Kier alpha value is -1.58. The largest absolute Gasteiger partial charge is 0.602 e. The van der Waals surface area contributed by atoms with E-state index in [1.165, 1.54) is 10.8 Å². The lowest BCUT2D eigenvalue weighted by Gasteiger charge is -1.94. The number of aromatic nitrogens is 1. The highest BCUT2D eigenvalue weighted by atomic mass is 16.5. The van der Waals surface area contributed by atoms with Crippen molar-refractivity contribution in [2.45, 2.75) is 6.92 Å². The van der Waals surface area contributed by atoms with E-state index in [2.05, 4.69) is 0 Å². The van der Waals surface area contributed by atoms with Crippen LogP contribution in [0, 0.1) is 0 Å². The Morgan fingerprint density at radius 3 is 3.08 bits per heavy atom. The van der Waals surface area contributed by atoms with Gasteiger partial charge in [-0.15, -0.1) is 0 Å². The number of hydrogen-bond donors (Lipinski definition) is 1. The number of carbonyl (C=O) groups is 1. The van der Waals surface area contributed by atoms with Gasteiger partial charge in [0.25, 0.3) is 0 Å². The summed E-state index contributed by atoms with van der Waals surface area (Å²) in [4.78, 5) is 11.1. The molecule has 0 saturated heterocycles. The molecule has 1 aromatic rings. The van der Waals surface area contributed by atoms with Gasteiger partial charge in [-0.2, -0.15) is 4.79 Å². The Morgan fingerprint density at radius 1 is 1.75 bits per heavy atom. The van der Waals surface area contributed by atoms with Crippen molar-refractivity contribution in [3.05, 3.63) is 24.5 Å². The lowest BCUT2D eigenvalue weighted by molar-refractivity contribution is -0.585. The molecule has 2 N–H and O–H groups in total. The van der Waals surface area contributed by atoms with E-state index in [1.807, 2.05) is 0 Å². The van der Waals surface area contributed by atoms with Gasteiger partial charge in [0.05, 0.1) is 12.3 Å². The summed E-state index contributed by atoms with van der Waals surface area (Å²) in [6.45, 7) is 2.12. The number of nitrogens with two attached hydrogens (primary N) is 1. The van der Waals surface area contributed by atoms with Crippen LogP contribution in [0.15, 0.2) is 24.5 Å². The smallest absolute Gasteiger partial charge is 0.412 e. The molecule has 0 bridgehead atoms. The number of hydrogen-bond acceptors (Lipinski definition) is 3. The molecule has 64 valence electrons. The zero-order valence-corrected chi connectivity index (χ0v) is 6.86. The molecule has 0 radical (unpaired) electrons. The quantitative estimate of drug-likeness (QED) is 0.622. The molecule has 0 saturated carbocycles. The Bertz CT molecular complexity index is 286. The highest BCUT2D eigenvalue weighted by Crippen LogP contribution is 1.93. The van der Waals surface area contributed by atoms with E-state index in [0.717, 1.165) is 0 Å². The van der Waals surface area contributed by atoms with Crippen molar-refractivity contribution in [1.82, 2.24) is 0 Å². The standard InChI is InChI=1S/C8H11N2O2/c1-2-12-8(11)10-5-3-4-7(9)6-10/h3-6H,2,9H2,1H3/q+1. The third-order valence-corrected chi connectivity index (χ3v) is 1.30. The van der Waals surface area contributed by atoms with Crippen molar-refractivity contribution in [3.63, 3.8) is 0 Å². The van der Waals surface area contributed by atoms with Crippen LogP contribution in [0.5, 0.6) is 0 Å². The van der Waals surface area contributed by atoms with Crippen LogP contribution in [0.3, 0.4) is 0 Å². The van der Waals surface area contributed by atoms with Crippen molar-refractivity contribution in [2.24, 2.45) is 0 Å². The number of nitrogens with zero attached hydrogens (tertiary/aromatic N) is 1. The molecule has 0 fully saturated rings. The van der Waals surface area contributed by atoms with Crippen LogP contribution in [0.4, 0.5) is 10.5 Å². The molecular weight excluding hydrogens is 156 g/mol. The highest BCUT2D eigenvalue weighted by Gasteiger charge is 2.14. The van der Waals surface area contributed by atoms with Crippen LogP contribution in [0.1, 0.15) is 6.92 Å². The second-order valence-electron chi connectivity index (χ2n) is 2.24. The molecule has 0 aliphatic heterocycles. The van der Waals surface area contributed by atoms with Gasteiger partial charge in [-0.1, -0.05) is 4.57 Å². The van der Waals surface area contributed by atoms with E-state index < -0.39 is 6.09 Å². The summed E-state index contributed by atoms with van der Waals surface area (Å²) in [6.07, 6.45) is 2.69. The molecule has 12 heavy (non-hydrogen) atoms. The molecular formula is C8H11N2O2+. The normalized spacial score (nSPS) is 9.42. The monoisotopic (exact) mass is 167 g/mol. The Balaban J connectivity index is 2.81. The van der Waals surface area contributed by atoms with Gasteiger partial charge in [-0.3, -0.25) is 0 Å². The maximum Gasteiger partial charge on any atom is 0.602 e. The van der Waals surface area contributed by atoms with Gasteiger partial charge < -0.3 is 10.5 Å². The summed E-state index contributed by atoms with van der Waals surface area (Å²) >= 11 is 0. The number of anilines is 1. The van der Waals surface area contributed by atoms with Crippen LogP contribution in [-0.2, 0) is 4.74 Å². The minimum absolute atomic E-state index is 0.362. The van der Waals surface area contributed by atoms with Crippen LogP contribution >= 0.6 is 0 Å². The topological polar surface area (TPSA) is 56.2 Å². The molecule has 0 atom stereocenters. The average molecular weight is 167 g/mol. The summed E-state index contributed by atoms with van der Waals surface area (Å²) in [6, 6.07) is 3.39. The predicted octanol–water partition coefficient (Wildman–Crippen LogP) is 0.561. The van der Waals surface area contributed by atoms with Crippen LogP contribution in [-0.4, -0.2) is 12.7 Å². The fraction of sp³-hybridized carbons (Fsp3) is 0.250. The van der Waals surface area contributed by atoms with E-state index in [1.54, 1.807) is 25.3 Å². The summed E-state index contributed by atoms with van der Waals surface area (Å²) < 4.78 is 6.06. The molecule has 4 nitrogen and oxygen atoms in total. The van der Waals surface area contributed by atoms with Gasteiger partial charge in [0.2, 0.25) is 6.20 Å². The molecule has 0 unspecified atom stereocenters. The fourth-order valence-electron chi connectivity index (χ4n) is 0.805. The van der Waals surface area contributed by atoms with Crippen molar-refractivity contribution >= 4 is 11.8 Å². The molecule has 1 heterocycles. The molecule has 1 aromatic heterocycles. The van der Waals surface area contributed by atoms with Crippen molar-refractivity contribution in [2.75, 3.05) is 12.3 Å². The first-order valence-electron chi connectivity index (χ1n) is 3.68. The minimum atomic E-state index is -0.412. The molecule has 0 aliphatic rings. The molecule has 4 heteroatoms. The number of nitrogen functional groups attached to an aromatic ring is 1. The van der Waals surface area contributed by atoms with E-state index in [-0.39, 0.29) is 0 Å². The Morgan fingerprint density at radius 2 is 2.50 bits per heavy atom. The Labute approximate surface area is 70.6 Å². The first-order chi connectivity index (χ1) is 5.74. The first kappa shape index (κ1) is 8.52. The van der Waals surface area contributed by atoms with E-state index in [9.17, 15) is 4.79 Å². The number of carbonyl (C=O) groups excluding carboxylic acids is 1. The number of ether oxygens (including phenoxy) is 1. The lowest BCUT2D eigenvalue weighted by Crippen LogP contribution is -2.42. The van der Waals surface area contributed by atoms with Crippen LogP contribution < -0.4 is 10.3 Å². The molecule has 1 rings (SSSR count). The zero-order valence-electron chi connectivity index (χ0n) is 6.86. The van der Waals surface area contributed by atoms with Gasteiger partial charge in [-0.05, 0) is 13.0 Å². The van der Waals surface area contributed by atoms with Crippen molar-refractivity contribution in [1.29, 1.82) is 0 Å². The number of rotatable bonds is 1. The van der Waals surface area contributed by atoms with Crippen molar-refractivity contribution in [3.8, 4) is 0 Å². The lowest BCUT2D eigenvalue weighted by atomic mass is 10.4. The summed E-state index contributed by atoms with van der Waals surface area (Å²) in [5.41, 5.74) is 6.00. The van der Waals surface area contributed by atoms with Gasteiger partial charge >= 0.3 is 6.09 Å². The average Bonchev–Trinajstić information content (AvgIpc) is 2.05. The van der Waals surface area contributed by atoms with Gasteiger partial charge in [0.15, 0.2) is 6.20 Å². The number of pyridine rings is 1. The highest BCUT2D eigenvalue weighted by molar-refractivity contribution is 5.57. The van der Waals surface area contributed by atoms with E-state index in [0.29, 0.717) is 12.3 Å². The van der Waals surface area contributed by atoms with Crippen LogP contribution in [0.2, 0.25) is 0 Å². The zero-order chi connectivity index (χ0) is 8.97. The van der Waals surface area contributed by atoms with Gasteiger partial charge in [-0.25, -0.2) is 0 Å².